The summed E-state index contributed by atoms with van der Waals surface area (Å²) >= 11 is 1.74. The van der Waals surface area contributed by atoms with Gasteiger partial charge >= 0.3 is 0 Å². The van der Waals surface area contributed by atoms with E-state index < -0.39 is 0 Å². The van der Waals surface area contributed by atoms with Crippen LogP contribution in [0, 0.1) is 0 Å². The first-order chi connectivity index (χ1) is 6.01. The maximum absolute atomic E-state index is 4.49. The van der Waals surface area contributed by atoms with Crippen molar-refractivity contribution in [3.63, 3.8) is 0 Å². The molecule has 0 saturated heterocycles. The summed E-state index contributed by atoms with van der Waals surface area (Å²) in [6.07, 6.45) is 1.03. The predicted octanol–water partition coefficient (Wildman–Crippen LogP) is 2.59. The molecule has 1 aromatic rings. The van der Waals surface area contributed by atoms with Crippen molar-refractivity contribution < 1.29 is 0 Å². The summed E-state index contributed by atoms with van der Waals surface area (Å²) in [7, 11) is 0. The van der Waals surface area contributed by atoms with Crippen molar-refractivity contribution in [2.24, 2.45) is 0 Å². The highest BCUT2D eigenvalue weighted by atomic mass is 32.1. The first kappa shape index (κ1) is 10.7. The molecule has 0 fully saturated rings. The van der Waals surface area contributed by atoms with Crippen LogP contribution in [0.15, 0.2) is 5.38 Å². The molecule has 1 rings (SSSR count). The van der Waals surface area contributed by atoms with Crippen molar-refractivity contribution in [1.82, 2.24) is 10.3 Å². The van der Waals surface area contributed by atoms with Gasteiger partial charge in [0.25, 0.3) is 0 Å². The fourth-order valence-corrected chi connectivity index (χ4v) is 1.75. The van der Waals surface area contributed by atoms with Gasteiger partial charge in [0.15, 0.2) is 0 Å². The minimum Gasteiger partial charge on any atom is -0.306 e. The Kier molecular flexibility index (Phi) is 3.45. The molecule has 2 nitrogen and oxygen atoms in total. The quantitative estimate of drug-likeness (QED) is 0.807. The van der Waals surface area contributed by atoms with Gasteiger partial charge in [0.05, 0.1) is 5.69 Å². The van der Waals surface area contributed by atoms with E-state index in [2.05, 4.69) is 43.4 Å². The lowest BCUT2D eigenvalue weighted by molar-refractivity contribution is 0.423. The number of aryl methyl sites for hydroxylation is 1. The number of nitrogens with one attached hydrogen (secondary N) is 1. The van der Waals surface area contributed by atoms with Crippen LogP contribution in [0.3, 0.4) is 0 Å². The van der Waals surface area contributed by atoms with Gasteiger partial charge in [0.2, 0.25) is 0 Å². The third kappa shape index (κ3) is 3.87. The minimum absolute atomic E-state index is 0.179. The minimum atomic E-state index is 0.179. The molecule has 1 aromatic heterocycles. The van der Waals surface area contributed by atoms with Gasteiger partial charge in [-0.1, -0.05) is 6.92 Å². The molecule has 3 heteroatoms. The lowest BCUT2D eigenvalue weighted by atomic mass is 10.1. The highest BCUT2D eigenvalue weighted by molar-refractivity contribution is 7.09. The number of rotatable bonds is 3. The molecule has 13 heavy (non-hydrogen) atoms. The van der Waals surface area contributed by atoms with E-state index in [4.69, 9.17) is 0 Å². The summed E-state index contributed by atoms with van der Waals surface area (Å²) in [4.78, 5) is 4.49. The van der Waals surface area contributed by atoms with Crippen LogP contribution >= 0.6 is 11.3 Å². The van der Waals surface area contributed by atoms with Crippen molar-refractivity contribution in [3.8, 4) is 0 Å². The van der Waals surface area contributed by atoms with Gasteiger partial charge in [-0.05, 0) is 27.2 Å². The summed E-state index contributed by atoms with van der Waals surface area (Å²) in [5.41, 5.74) is 1.38. The van der Waals surface area contributed by atoms with Crippen molar-refractivity contribution in [1.29, 1.82) is 0 Å². The van der Waals surface area contributed by atoms with E-state index in [1.807, 2.05) is 0 Å². The van der Waals surface area contributed by atoms with E-state index in [0.717, 1.165) is 13.0 Å². The Bertz CT molecular complexity index is 260. The van der Waals surface area contributed by atoms with E-state index in [-0.39, 0.29) is 5.54 Å². The second kappa shape index (κ2) is 4.20. The van der Waals surface area contributed by atoms with Crippen LogP contribution in [-0.4, -0.2) is 10.5 Å². The molecular weight excluding hydrogens is 180 g/mol. The van der Waals surface area contributed by atoms with Crippen LogP contribution in [0.5, 0.6) is 0 Å². The van der Waals surface area contributed by atoms with Crippen molar-refractivity contribution in [3.05, 3.63) is 16.1 Å². The number of thiazole rings is 1. The van der Waals surface area contributed by atoms with E-state index in [1.54, 1.807) is 11.3 Å². The maximum Gasteiger partial charge on any atom is 0.107 e. The maximum atomic E-state index is 4.49. The lowest BCUT2D eigenvalue weighted by Gasteiger charge is -2.19. The summed E-state index contributed by atoms with van der Waals surface area (Å²) in [5, 5.41) is 6.75. The number of hydrogen-bond acceptors (Lipinski definition) is 3. The SMILES string of the molecule is CCc1csc(CNC(C)(C)C)n1. The van der Waals surface area contributed by atoms with E-state index in [1.165, 1.54) is 10.7 Å². The monoisotopic (exact) mass is 198 g/mol. The first-order valence-electron chi connectivity index (χ1n) is 4.69. The molecule has 0 saturated carbocycles. The zero-order chi connectivity index (χ0) is 9.90. The molecular formula is C10H18N2S. The van der Waals surface area contributed by atoms with Gasteiger partial charge in [0, 0.05) is 17.5 Å². The number of hydrogen-bond donors (Lipinski definition) is 1. The average Bonchev–Trinajstić information content (AvgIpc) is 2.47. The first-order valence-corrected chi connectivity index (χ1v) is 5.57. The van der Waals surface area contributed by atoms with Gasteiger partial charge < -0.3 is 5.32 Å². The zero-order valence-corrected chi connectivity index (χ0v) is 9.66. The average molecular weight is 198 g/mol. The standard InChI is InChI=1S/C10H18N2S/c1-5-8-7-13-9(12-8)6-11-10(2,3)4/h7,11H,5-6H2,1-4H3. The van der Waals surface area contributed by atoms with Crippen LogP contribution in [0.25, 0.3) is 0 Å². The Labute approximate surface area is 84.4 Å². The highest BCUT2D eigenvalue weighted by Crippen LogP contribution is 2.11. The van der Waals surface area contributed by atoms with Gasteiger partial charge in [-0.3, -0.25) is 0 Å². The molecule has 0 bridgehead atoms. The Balaban J connectivity index is 2.46. The van der Waals surface area contributed by atoms with Crippen molar-refractivity contribution in [2.45, 2.75) is 46.2 Å². The van der Waals surface area contributed by atoms with Gasteiger partial charge in [0.1, 0.15) is 5.01 Å². The molecule has 1 heterocycles. The van der Waals surface area contributed by atoms with E-state index >= 15 is 0 Å². The molecule has 0 amide bonds. The molecule has 0 aliphatic carbocycles. The molecule has 0 aliphatic rings. The van der Waals surface area contributed by atoms with Crippen molar-refractivity contribution >= 4 is 11.3 Å². The largest absolute Gasteiger partial charge is 0.306 e. The fourth-order valence-electron chi connectivity index (χ4n) is 0.933. The smallest absolute Gasteiger partial charge is 0.107 e. The Morgan fingerprint density at radius 3 is 2.62 bits per heavy atom. The normalized spacial score (nSPS) is 12.0. The highest BCUT2D eigenvalue weighted by Gasteiger charge is 2.09. The van der Waals surface area contributed by atoms with Crippen LogP contribution in [0.2, 0.25) is 0 Å². The van der Waals surface area contributed by atoms with Crippen LogP contribution < -0.4 is 5.32 Å². The van der Waals surface area contributed by atoms with Crippen LogP contribution in [-0.2, 0) is 13.0 Å². The molecule has 0 spiro atoms. The second-order valence-electron chi connectivity index (χ2n) is 4.19. The van der Waals surface area contributed by atoms with Crippen LogP contribution in [0.4, 0.5) is 0 Å². The summed E-state index contributed by atoms with van der Waals surface area (Å²) < 4.78 is 0. The Morgan fingerprint density at radius 2 is 2.15 bits per heavy atom. The topological polar surface area (TPSA) is 24.9 Å². The molecule has 1 N–H and O–H groups in total. The van der Waals surface area contributed by atoms with E-state index in [0.29, 0.717) is 0 Å². The number of nitrogens with zero attached hydrogens (tertiary/aromatic N) is 1. The zero-order valence-electron chi connectivity index (χ0n) is 8.85. The van der Waals surface area contributed by atoms with E-state index in [9.17, 15) is 0 Å². The predicted molar refractivity (Wildman–Crippen MR) is 58.1 cm³/mol. The summed E-state index contributed by atoms with van der Waals surface area (Å²) in [6.45, 7) is 9.52. The fraction of sp³-hybridized carbons (Fsp3) is 0.700. The van der Waals surface area contributed by atoms with Gasteiger partial charge in [-0.2, -0.15) is 0 Å². The molecule has 0 aliphatic heterocycles. The number of aromatic nitrogens is 1. The molecule has 0 atom stereocenters. The molecule has 0 aromatic carbocycles. The third-order valence-electron chi connectivity index (χ3n) is 1.73. The lowest BCUT2D eigenvalue weighted by Crippen LogP contribution is -2.35. The summed E-state index contributed by atoms with van der Waals surface area (Å²) in [5.74, 6) is 0. The van der Waals surface area contributed by atoms with Crippen LogP contribution in [0.1, 0.15) is 38.4 Å². The Morgan fingerprint density at radius 1 is 1.46 bits per heavy atom. The third-order valence-corrected chi connectivity index (χ3v) is 2.63. The van der Waals surface area contributed by atoms with Gasteiger partial charge in [-0.25, -0.2) is 4.98 Å². The van der Waals surface area contributed by atoms with Gasteiger partial charge in [-0.15, -0.1) is 11.3 Å². The van der Waals surface area contributed by atoms with Crippen molar-refractivity contribution in [2.75, 3.05) is 0 Å². The Hall–Kier alpha value is -0.410. The molecule has 0 radical (unpaired) electrons. The second-order valence-corrected chi connectivity index (χ2v) is 5.13. The molecule has 0 unspecified atom stereocenters. The molecule has 74 valence electrons. The summed E-state index contributed by atoms with van der Waals surface area (Å²) in [6, 6.07) is 0.